The molecular formula is C6H14Cl2Pb. The summed E-state index contributed by atoms with van der Waals surface area (Å²) in [6.07, 6.45) is 2.32. The first-order valence-electron chi connectivity index (χ1n) is 3.50. The van der Waals surface area contributed by atoms with Crippen molar-refractivity contribution in [2.75, 3.05) is 0 Å². The van der Waals surface area contributed by atoms with Gasteiger partial charge in [0.05, 0.1) is 0 Å². The van der Waals surface area contributed by atoms with Gasteiger partial charge < -0.3 is 0 Å². The molecule has 3 heteroatoms. The normalized spacial score (nSPS) is 12.0. The van der Waals surface area contributed by atoms with Gasteiger partial charge in [-0.1, -0.05) is 0 Å². The monoisotopic (exact) mass is 364 g/mol. The zero-order valence-electron chi connectivity index (χ0n) is 6.08. The second-order valence-corrected chi connectivity index (χ2v) is 27.3. The quantitative estimate of drug-likeness (QED) is 0.667. The van der Waals surface area contributed by atoms with Gasteiger partial charge in [0.25, 0.3) is 0 Å². The molecule has 0 spiro atoms. The maximum atomic E-state index is 6.12. The van der Waals surface area contributed by atoms with Gasteiger partial charge in [0, 0.05) is 0 Å². The molecule has 0 amide bonds. The van der Waals surface area contributed by atoms with Gasteiger partial charge in [-0.25, -0.2) is 0 Å². The van der Waals surface area contributed by atoms with Crippen LogP contribution < -0.4 is 0 Å². The fourth-order valence-electron chi connectivity index (χ4n) is 0.857. The Hall–Kier alpha value is 1.50. The molecule has 0 rings (SSSR count). The van der Waals surface area contributed by atoms with Crippen LogP contribution in [0.25, 0.3) is 0 Å². The van der Waals surface area contributed by atoms with E-state index < -0.39 is 18.7 Å². The van der Waals surface area contributed by atoms with E-state index >= 15 is 0 Å². The van der Waals surface area contributed by atoms with Crippen LogP contribution in [0.3, 0.4) is 0 Å². The van der Waals surface area contributed by atoms with Gasteiger partial charge in [-0.15, -0.1) is 0 Å². The van der Waals surface area contributed by atoms with Crippen molar-refractivity contribution in [2.24, 2.45) is 0 Å². The van der Waals surface area contributed by atoms with Gasteiger partial charge in [-0.3, -0.25) is 0 Å². The Balaban J connectivity index is 3.43. The summed E-state index contributed by atoms with van der Waals surface area (Å²) in [6, 6.07) is 0. The van der Waals surface area contributed by atoms with Crippen LogP contribution in [0.15, 0.2) is 0 Å². The standard InChI is InChI=1S/2C3H7.2ClH.Pb/c2*1-3-2;;;/h2*1,3H2,2H3;2*1H;/q;;;;+2/p-2. The first-order valence-corrected chi connectivity index (χ1v) is 18.6. The van der Waals surface area contributed by atoms with Crippen molar-refractivity contribution < 1.29 is 0 Å². The first kappa shape index (κ1) is 10.5. The zero-order valence-corrected chi connectivity index (χ0v) is 11.5. The SMILES string of the molecule is CC[CH2][Pb]([Cl])([Cl])[CH2]CC. The molecule has 56 valence electrons. The van der Waals surface area contributed by atoms with E-state index in [-0.39, 0.29) is 0 Å². The molecule has 0 aliphatic carbocycles. The number of hydrogen-bond acceptors (Lipinski definition) is 0. The summed E-state index contributed by atoms with van der Waals surface area (Å²) in [5.74, 6) is 0. The van der Waals surface area contributed by atoms with Crippen molar-refractivity contribution in [3.63, 3.8) is 0 Å². The van der Waals surface area contributed by atoms with Gasteiger partial charge in [0.15, 0.2) is 0 Å². The predicted octanol–water partition coefficient (Wildman–Crippen LogP) is 3.73. The molecule has 0 aliphatic heterocycles. The third kappa shape index (κ3) is 5.92. The van der Waals surface area contributed by atoms with Gasteiger partial charge in [-0.2, -0.15) is 0 Å². The third-order valence-electron chi connectivity index (χ3n) is 1.23. The Kier molecular flexibility index (Phi) is 6.06. The van der Waals surface area contributed by atoms with Crippen LogP contribution in [0.4, 0.5) is 0 Å². The Morgan fingerprint density at radius 3 is 1.56 bits per heavy atom. The van der Waals surface area contributed by atoms with Crippen molar-refractivity contribution in [2.45, 2.75) is 34.6 Å². The number of hydrogen-bond donors (Lipinski definition) is 0. The molecule has 0 saturated heterocycles. The van der Waals surface area contributed by atoms with Crippen molar-refractivity contribution in [3.05, 3.63) is 0 Å². The zero-order chi connectivity index (χ0) is 7.33. The van der Waals surface area contributed by atoms with Crippen LogP contribution in [-0.2, 0) is 0 Å². The van der Waals surface area contributed by atoms with Crippen LogP contribution in [0.2, 0.25) is 7.96 Å². The molecule has 0 saturated carbocycles. The van der Waals surface area contributed by atoms with Crippen molar-refractivity contribution >= 4 is 35.4 Å². The molecule has 0 aromatic rings. The van der Waals surface area contributed by atoms with E-state index in [4.69, 9.17) is 16.6 Å². The van der Waals surface area contributed by atoms with E-state index in [1.165, 1.54) is 0 Å². The van der Waals surface area contributed by atoms with E-state index in [2.05, 4.69) is 13.8 Å². The molecule has 0 radical (unpaired) electrons. The van der Waals surface area contributed by atoms with Crippen LogP contribution in [0, 0.1) is 0 Å². The van der Waals surface area contributed by atoms with Crippen LogP contribution >= 0.6 is 16.6 Å². The number of halogens is 2. The summed E-state index contributed by atoms with van der Waals surface area (Å²) in [5, 5.41) is 0. The summed E-state index contributed by atoms with van der Waals surface area (Å²) in [5.41, 5.74) is 0. The van der Waals surface area contributed by atoms with Crippen LogP contribution in [0.1, 0.15) is 26.7 Å². The van der Waals surface area contributed by atoms with E-state index in [0.717, 1.165) is 20.8 Å². The molecule has 0 fully saturated rings. The predicted molar refractivity (Wildman–Crippen MR) is 47.7 cm³/mol. The second-order valence-electron chi connectivity index (χ2n) is 2.36. The molecule has 0 bridgehead atoms. The molecule has 0 aliphatic rings. The summed E-state index contributed by atoms with van der Waals surface area (Å²) in [7, 11) is 12.2. The minimum absolute atomic E-state index is 1.13. The van der Waals surface area contributed by atoms with Gasteiger partial charge >= 0.3 is 70.0 Å². The molecule has 0 nitrogen and oxygen atoms in total. The van der Waals surface area contributed by atoms with Crippen LogP contribution in [0.5, 0.6) is 0 Å². The topological polar surface area (TPSA) is 0 Å². The van der Waals surface area contributed by atoms with Crippen LogP contribution in [-0.4, -0.2) is 18.7 Å². The van der Waals surface area contributed by atoms with E-state index in [0.29, 0.717) is 0 Å². The molecule has 0 unspecified atom stereocenters. The third-order valence-corrected chi connectivity index (χ3v) is 17.4. The van der Waals surface area contributed by atoms with E-state index in [1.807, 2.05) is 0 Å². The Morgan fingerprint density at radius 2 is 1.33 bits per heavy atom. The second kappa shape index (κ2) is 5.19. The van der Waals surface area contributed by atoms with E-state index in [1.54, 1.807) is 0 Å². The fraction of sp³-hybridized carbons (Fsp3) is 1.00. The first-order chi connectivity index (χ1) is 4.12. The molecular weight excluding hydrogens is 350 g/mol. The summed E-state index contributed by atoms with van der Waals surface area (Å²) in [4.78, 5) is 0. The molecule has 0 atom stereocenters. The summed E-state index contributed by atoms with van der Waals surface area (Å²) in [6.45, 7) is 4.30. The Bertz CT molecular complexity index is 65.5. The summed E-state index contributed by atoms with van der Waals surface area (Å²) < 4.78 is 2.26. The van der Waals surface area contributed by atoms with Gasteiger partial charge in [0.2, 0.25) is 0 Å². The molecule has 0 heterocycles. The van der Waals surface area contributed by atoms with Crippen molar-refractivity contribution in [1.82, 2.24) is 0 Å². The number of rotatable bonds is 4. The average molecular weight is 364 g/mol. The van der Waals surface area contributed by atoms with Gasteiger partial charge in [-0.05, 0) is 0 Å². The fourth-order valence-corrected chi connectivity index (χ4v) is 14.1. The molecule has 0 aromatic carbocycles. The average Bonchev–Trinajstić information content (AvgIpc) is 1.64. The van der Waals surface area contributed by atoms with E-state index in [9.17, 15) is 0 Å². The molecule has 0 N–H and O–H groups in total. The van der Waals surface area contributed by atoms with Crippen molar-refractivity contribution in [3.8, 4) is 0 Å². The maximum absolute atomic E-state index is 6.12. The Labute approximate surface area is 69.5 Å². The van der Waals surface area contributed by atoms with Gasteiger partial charge in [0.1, 0.15) is 0 Å². The molecule has 0 aromatic heterocycles. The Morgan fingerprint density at radius 1 is 1.00 bits per heavy atom. The van der Waals surface area contributed by atoms with Crippen molar-refractivity contribution in [1.29, 1.82) is 0 Å². The summed E-state index contributed by atoms with van der Waals surface area (Å²) >= 11 is -2.54. The molecule has 9 heavy (non-hydrogen) atoms. The minimum atomic E-state index is -2.54.